The van der Waals surface area contributed by atoms with Crippen LogP contribution < -0.4 is 10.4 Å². The zero-order valence-electron chi connectivity index (χ0n) is 19.6. The zero-order chi connectivity index (χ0) is 25.4. The summed E-state index contributed by atoms with van der Waals surface area (Å²) in [5.74, 6) is -3.77. The number of nitrogens with zero attached hydrogens (tertiary/aromatic N) is 3. The third-order valence-electron chi connectivity index (χ3n) is 6.34. The Balaban J connectivity index is 1.71. The Kier molecular flexibility index (Phi) is 4.38. The van der Waals surface area contributed by atoms with E-state index < -0.39 is 52.2 Å². The molecule has 0 saturated carbocycles. The van der Waals surface area contributed by atoms with Crippen LogP contribution in [0.1, 0.15) is 36.0 Å². The number of hydrogen-bond acceptors (Lipinski definition) is 6. The van der Waals surface area contributed by atoms with Crippen molar-refractivity contribution in [3.63, 3.8) is 0 Å². The third-order valence-corrected chi connectivity index (χ3v) is 7.24. The lowest BCUT2D eigenvalue weighted by Crippen LogP contribution is -2.66. The molecule has 0 spiro atoms. The van der Waals surface area contributed by atoms with Gasteiger partial charge in [-0.15, -0.1) is 11.8 Å². The molecule has 0 aliphatic carbocycles. The molecule has 1 saturated heterocycles. The van der Waals surface area contributed by atoms with Crippen molar-refractivity contribution in [1.29, 1.82) is 0 Å². The number of aromatic hydroxyl groups is 1. The number of thioether (sulfide) groups is 1. The molecule has 0 unspecified atom stereocenters. The Bertz CT molecular complexity index is 1480. The van der Waals surface area contributed by atoms with Crippen LogP contribution in [-0.4, -0.2) is 46.5 Å². The van der Waals surface area contributed by atoms with Gasteiger partial charge in [-0.05, 0) is 23.3 Å². The summed E-state index contributed by atoms with van der Waals surface area (Å²) in [5.41, 5.74) is -3.03. The van der Waals surface area contributed by atoms with Crippen LogP contribution in [0.5, 0.6) is 5.75 Å². The molecule has 2 atom stereocenters. The van der Waals surface area contributed by atoms with E-state index in [1.165, 1.54) is 21.8 Å². The van der Waals surface area contributed by atoms with Crippen LogP contribution in [0.4, 0.5) is 8.78 Å². The fraction of sp³-hybridized carbons (Fsp3) is 0.250. The number of aromatic nitrogens is 1. The molecule has 1 fully saturated rings. The van der Waals surface area contributed by atoms with Gasteiger partial charge in [0.25, 0.3) is 5.91 Å². The van der Waals surface area contributed by atoms with Gasteiger partial charge in [0.1, 0.15) is 6.17 Å². The van der Waals surface area contributed by atoms with Gasteiger partial charge in [-0.2, -0.15) is 0 Å². The van der Waals surface area contributed by atoms with Crippen LogP contribution >= 0.6 is 11.8 Å². The molecule has 3 aromatic rings. The van der Waals surface area contributed by atoms with E-state index in [0.29, 0.717) is 10.5 Å². The Labute approximate surface area is 199 Å². The normalized spacial score (nSPS) is 23.6. The second kappa shape index (κ2) is 7.85. The lowest BCUT2D eigenvalue weighted by molar-refractivity contribution is -0.0197. The number of ether oxygens (including phenoxy) is 1. The number of amides is 1. The maximum atomic E-state index is 15.3. The summed E-state index contributed by atoms with van der Waals surface area (Å²) < 4.78 is 54.1. The smallest absolute Gasteiger partial charge is 0.278 e. The van der Waals surface area contributed by atoms with Crippen LogP contribution in [0.2, 0.25) is 0 Å². The first-order chi connectivity index (χ1) is 17.2. The maximum Gasteiger partial charge on any atom is 0.278 e. The third kappa shape index (κ3) is 2.98. The van der Waals surface area contributed by atoms with E-state index in [1.54, 1.807) is 29.3 Å². The number of halogens is 2. The number of hydrogen-bond donors (Lipinski definition) is 1. The number of rotatable bonds is 1. The maximum absolute atomic E-state index is 15.3. The Morgan fingerprint density at radius 1 is 1.12 bits per heavy atom. The highest BCUT2D eigenvalue weighted by Gasteiger charge is 2.46. The molecule has 1 amide bonds. The summed E-state index contributed by atoms with van der Waals surface area (Å²) in [6, 6.07) is 9.39. The van der Waals surface area contributed by atoms with Crippen molar-refractivity contribution < 1.29 is 26.2 Å². The second-order valence-electron chi connectivity index (χ2n) is 8.13. The molecule has 3 aliphatic heterocycles. The van der Waals surface area contributed by atoms with Crippen molar-refractivity contribution in [3.8, 4) is 5.75 Å². The van der Waals surface area contributed by atoms with Gasteiger partial charge in [0.05, 0.1) is 19.3 Å². The number of carbonyl (C=O) groups excluding carboxylic acids is 1. The van der Waals surface area contributed by atoms with Crippen LogP contribution in [0.3, 0.4) is 0 Å². The van der Waals surface area contributed by atoms with Gasteiger partial charge in [0.2, 0.25) is 5.43 Å². The van der Waals surface area contributed by atoms with Crippen molar-refractivity contribution in [2.24, 2.45) is 0 Å². The predicted octanol–water partition coefficient (Wildman–Crippen LogP) is 2.98. The van der Waals surface area contributed by atoms with E-state index in [2.05, 4.69) is 0 Å². The molecule has 10 heteroatoms. The highest BCUT2D eigenvalue weighted by Crippen LogP contribution is 2.45. The monoisotopic (exact) mass is 485 g/mol. The fourth-order valence-corrected chi connectivity index (χ4v) is 5.65. The highest BCUT2D eigenvalue weighted by atomic mass is 32.2. The first kappa shape index (κ1) is 19.0. The number of fused-ring (bicyclic) bond motifs is 4. The molecule has 6 rings (SSSR count). The first-order valence-corrected chi connectivity index (χ1v) is 11.4. The van der Waals surface area contributed by atoms with Gasteiger partial charge in [-0.25, -0.2) is 8.78 Å². The van der Waals surface area contributed by atoms with E-state index in [9.17, 15) is 19.1 Å². The molecular weight excluding hydrogens is 464 g/mol. The Morgan fingerprint density at radius 3 is 2.79 bits per heavy atom. The van der Waals surface area contributed by atoms with Crippen molar-refractivity contribution in [2.45, 2.75) is 22.8 Å². The predicted molar refractivity (Wildman–Crippen MR) is 120 cm³/mol. The van der Waals surface area contributed by atoms with Gasteiger partial charge < -0.3 is 14.7 Å². The van der Waals surface area contributed by atoms with Crippen molar-refractivity contribution in [3.05, 3.63) is 92.9 Å². The molecule has 0 bridgehead atoms. The van der Waals surface area contributed by atoms with Crippen LogP contribution in [0.15, 0.2) is 58.4 Å². The lowest BCUT2D eigenvalue weighted by Gasteiger charge is -2.51. The summed E-state index contributed by atoms with van der Waals surface area (Å²) in [6.07, 6.45) is 0.601. The van der Waals surface area contributed by atoms with Gasteiger partial charge in [0.15, 0.2) is 23.1 Å². The van der Waals surface area contributed by atoms with Gasteiger partial charge in [0, 0.05) is 37.7 Å². The molecular formula is C24H19F2N3O4S. The van der Waals surface area contributed by atoms with Crippen LogP contribution in [0, 0.1) is 11.6 Å². The number of carbonyl (C=O) groups is 1. The van der Waals surface area contributed by atoms with Gasteiger partial charge >= 0.3 is 0 Å². The molecule has 1 aromatic heterocycles. The summed E-state index contributed by atoms with van der Waals surface area (Å²) in [6.45, 7) is 0.483. The van der Waals surface area contributed by atoms with E-state index in [4.69, 9.17) is 7.48 Å². The molecule has 174 valence electrons. The molecule has 7 nitrogen and oxygen atoms in total. The largest absolute Gasteiger partial charge is 0.502 e. The van der Waals surface area contributed by atoms with E-state index >= 15 is 4.39 Å². The van der Waals surface area contributed by atoms with Gasteiger partial charge in [-0.1, -0.05) is 24.3 Å². The SMILES string of the molecule is [2H]C1([2H])Sc2ccccc2[C@@H](N2[C@@H]3COCCN3C(=O)c3c(O)c(=O)ccn32)c2ccc(F)c(F)c21. The topological polar surface area (TPSA) is 75.0 Å². The molecule has 3 aliphatic rings. The zero-order valence-corrected chi connectivity index (χ0v) is 18.4. The lowest BCUT2D eigenvalue weighted by atomic mass is 9.93. The second-order valence-corrected chi connectivity index (χ2v) is 8.97. The standard InChI is InChI=1S/C24H19F2N3O4S/c25-16-6-5-13-15(20(16)26)12-34-18-4-2-1-3-14(18)21(13)29-19-11-33-10-9-27(19)24(32)22-23(31)17(30)7-8-28(22)29/h1-8,19,21,31H,9-12H2/t19-,21+/m1/s1/i12D2. The van der Waals surface area contributed by atoms with Gasteiger partial charge in [-0.3, -0.25) is 19.3 Å². The van der Waals surface area contributed by atoms with E-state index in [-0.39, 0.29) is 31.0 Å². The molecule has 4 heterocycles. The number of pyridine rings is 1. The van der Waals surface area contributed by atoms with Crippen LogP contribution in [-0.2, 0) is 10.4 Å². The summed E-state index contributed by atoms with van der Waals surface area (Å²) in [4.78, 5) is 27.6. The van der Waals surface area contributed by atoms with E-state index in [0.717, 1.165) is 23.9 Å². The molecule has 2 aromatic carbocycles. The number of morpholine rings is 1. The van der Waals surface area contributed by atoms with Crippen LogP contribution in [0.25, 0.3) is 0 Å². The van der Waals surface area contributed by atoms with Crippen molar-refractivity contribution in [1.82, 2.24) is 9.58 Å². The quantitative estimate of drug-likeness (QED) is 0.571. The van der Waals surface area contributed by atoms with Crippen molar-refractivity contribution >= 4 is 17.7 Å². The Morgan fingerprint density at radius 2 is 1.94 bits per heavy atom. The Hall–Kier alpha value is -3.37. The number of benzene rings is 2. The molecule has 34 heavy (non-hydrogen) atoms. The summed E-state index contributed by atoms with van der Waals surface area (Å²) >= 11 is 0.765. The molecule has 1 N–H and O–H groups in total. The minimum atomic E-state index is -2.32. The summed E-state index contributed by atoms with van der Waals surface area (Å²) in [7, 11) is 0. The minimum absolute atomic E-state index is 0.0653. The summed E-state index contributed by atoms with van der Waals surface area (Å²) in [5, 5.41) is 12.3. The minimum Gasteiger partial charge on any atom is -0.502 e. The first-order valence-electron chi connectivity index (χ1n) is 11.6. The van der Waals surface area contributed by atoms with E-state index in [1.807, 2.05) is 0 Å². The average Bonchev–Trinajstić information content (AvgIpc) is 2.95. The highest BCUT2D eigenvalue weighted by molar-refractivity contribution is 7.98. The molecule has 0 radical (unpaired) electrons. The average molecular weight is 486 g/mol. The van der Waals surface area contributed by atoms with Crippen molar-refractivity contribution in [2.75, 3.05) is 24.8 Å². The fourth-order valence-electron chi connectivity index (χ4n) is 4.79.